The van der Waals surface area contributed by atoms with Gasteiger partial charge >= 0.3 is 5.97 Å². The molecule has 5 heteroatoms. The number of sulfone groups is 1. The first kappa shape index (κ1) is 11.6. The van der Waals surface area contributed by atoms with Crippen molar-refractivity contribution >= 4 is 21.4 Å². The fourth-order valence-corrected chi connectivity index (χ4v) is 2.83. The highest BCUT2D eigenvalue weighted by molar-refractivity contribution is 7.97. The van der Waals surface area contributed by atoms with Gasteiger partial charge in [0.05, 0.1) is 11.0 Å². The van der Waals surface area contributed by atoms with Gasteiger partial charge in [0.25, 0.3) is 0 Å². The fraction of sp³-hybridized carbons (Fsp3) is 0.0833. The Morgan fingerprint density at radius 1 is 1.12 bits per heavy atom. The maximum Gasteiger partial charge on any atom is 0.337 e. The molecular formula is C12H10O4S. The van der Waals surface area contributed by atoms with Crippen molar-refractivity contribution in [2.75, 3.05) is 0 Å². The molecule has 0 aromatic heterocycles. The third-order valence-electron chi connectivity index (χ3n) is 2.45. The van der Waals surface area contributed by atoms with Crippen LogP contribution in [0.25, 0.3) is 5.57 Å². The second kappa shape index (κ2) is 3.85. The zero-order chi connectivity index (χ0) is 12.6. The van der Waals surface area contributed by atoms with Crippen molar-refractivity contribution < 1.29 is 18.3 Å². The summed E-state index contributed by atoms with van der Waals surface area (Å²) in [4.78, 5) is 11.0. The summed E-state index contributed by atoms with van der Waals surface area (Å²) in [5, 5.41) is 10.7. The molecule has 2 rings (SSSR count). The summed E-state index contributed by atoms with van der Waals surface area (Å²) < 4.78 is 22.8. The van der Waals surface area contributed by atoms with E-state index >= 15 is 0 Å². The van der Waals surface area contributed by atoms with Gasteiger partial charge in [-0.25, -0.2) is 13.2 Å². The number of carbonyl (C=O) groups is 1. The van der Waals surface area contributed by atoms with Crippen LogP contribution in [0.5, 0.6) is 0 Å². The predicted octanol–water partition coefficient (Wildman–Crippen LogP) is 1.73. The second-order valence-electron chi connectivity index (χ2n) is 3.82. The molecule has 0 spiro atoms. The molecular weight excluding hydrogens is 240 g/mol. The van der Waals surface area contributed by atoms with E-state index in [-0.39, 0.29) is 11.1 Å². The summed E-state index contributed by atoms with van der Waals surface area (Å²) in [6.07, 6.45) is 0. The monoisotopic (exact) mass is 250 g/mol. The van der Waals surface area contributed by atoms with E-state index in [1.54, 1.807) is 24.3 Å². The minimum Gasteiger partial charge on any atom is -0.478 e. The summed E-state index contributed by atoms with van der Waals surface area (Å²) >= 11 is 0. The third kappa shape index (κ3) is 2.29. The van der Waals surface area contributed by atoms with Crippen LogP contribution in [0.4, 0.5) is 0 Å². The summed E-state index contributed by atoms with van der Waals surface area (Å²) in [5.41, 5.74) is 1.66. The quantitative estimate of drug-likeness (QED) is 0.867. The lowest BCUT2D eigenvalue weighted by atomic mass is 10.00. The first-order chi connectivity index (χ1) is 7.89. The van der Waals surface area contributed by atoms with Crippen LogP contribution in [-0.4, -0.2) is 19.5 Å². The predicted molar refractivity (Wildman–Crippen MR) is 63.8 cm³/mol. The van der Waals surface area contributed by atoms with Crippen molar-refractivity contribution in [3.8, 4) is 0 Å². The van der Waals surface area contributed by atoms with Crippen molar-refractivity contribution in [2.45, 2.75) is 6.92 Å². The van der Waals surface area contributed by atoms with Crippen molar-refractivity contribution in [3.63, 3.8) is 0 Å². The molecule has 1 aliphatic rings. The molecule has 1 N–H and O–H groups in total. The maximum atomic E-state index is 11.4. The Morgan fingerprint density at radius 3 is 2.24 bits per heavy atom. The van der Waals surface area contributed by atoms with Gasteiger partial charge in [0, 0.05) is 11.0 Å². The van der Waals surface area contributed by atoms with E-state index in [0.29, 0.717) is 5.56 Å². The van der Waals surface area contributed by atoms with E-state index in [9.17, 15) is 13.2 Å². The molecule has 0 bridgehead atoms. The normalized spacial score (nSPS) is 17.5. The van der Waals surface area contributed by atoms with Gasteiger partial charge in [-0.15, -0.1) is 0 Å². The lowest BCUT2D eigenvalue weighted by molar-refractivity contribution is -0.132. The SMILES string of the molecule is Cc1ccc(C2=CS(=O)(=O)C=C2C(=O)O)cc1. The highest BCUT2D eigenvalue weighted by Crippen LogP contribution is 2.31. The molecule has 1 aromatic rings. The van der Waals surface area contributed by atoms with Gasteiger partial charge in [-0.2, -0.15) is 0 Å². The summed E-state index contributed by atoms with van der Waals surface area (Å²) in [6, 6.07) is 7.03. The number of hydrogen-bond acceptors (Lipinski definition) is 3. The topological polar surface area (TPSA) is 71.4 Å². The number of aliphatic carboxylic acids is 1. The molecule has 88 valence electrons. The maximum absolute atomic E-state index is 11.4. The Bertz CT molecular complexity index is 634. The number of benzene rings is 1. The van der Waals surface area contributed by atoms with Crippen LogP contribution in [0.1, 0.15) is 11.1 Å². The van der Waals surface area contributed by atoms with Crippen LogP contribution >= 0.6 is 0 Å². The van der Waals surface area contributed by atoms with E-state index in [2.05, 4.69) is 0 Å². The lowest BCUT2D eigenvalue weighted by Gasteiger charge is -2.04. The van der Waals surface area contributed by atoms with Gasteiger partial charge in [-0.1, -0.05) is 29.8 Å². The van der Waals surface area contributed by atoms with Crippen molar-refractivity contribution in [1.29, 1.82) is 0 Å². The van der Waals surface area contributed by atoms with Gasteiger partial charge in [0.15, 0.2) is 9.84 Å². The molecule has 0 radical (unpaired) electrons. The molecule has 4 nitrogen and oxygen atoms in total. The molecule has 17 heavy (non-hydrogen) atoms. The molecule has 1 heterocycles. The van der Waals surface area contributed by atoms with Crippen LogP contribution in [0.2, 0.25) is 0 Å². The van der Waals surface area contributed by atoms with Gasteiger partial charge in [0.2, 0.25) is 0 Å². The van der Waals surface area contributed by atoms with Crippen molar-refractivity contribution in [1.82, 2.24) is 0 Å². The molecule has 0 aliphatic carbocycles. The van der Waals surface area contributed by atoms with Crippen LogP contribution < -0.4 is 0 Å². The highest BCUT2D eigenvalue weighted by Gasteiger charge is 2.26. The molecule has 0 saturated heterocycles. The summed E-state index contributed by atoms with van der Waals surface area (Å²) in [5.74, 6) is -1.24. The van der Waals surface area contributed by atoms with Crippen LogP contribution in [0.15, 0.2) is 40.7 Å². The van der Waals surface area contributed by atoms with Gasteiger partial charge in [-0.3, -0.25) is 0 Å². The third-order valence-corrected chi connectivity index (χ3v) is 3.58. The summed E-state index contributed by atoms with van der Waals surface area (Å²) in [7, 11) is -3.55. The molecule has 1 aromatic carbocycles. The van der Waals surface area contributed by atoms with E-state index in [0.717, 1.165) is 16.4 Å². The minimum atomic E-state index is -3.55. The van der Waals surface area contributed by atoms with E-state index in [4.69, 9.17) is 5.11 Å². The van der Waals surface area contributed by atoms with Gasteiger partial charge in [0.1, 0.15) is 0 Å². The Kier molecular flexibility index (Phi) is 2.63. The van der Waals surface area contributed by atoms with Gasteiger partial charge in [-0.05, 0) is 12.5 Å². The van der Waals surface area contributed by atoms with E-state index in [1.807, 2.05) is 6.92 Å². The molecule has 0 unspecified atom stereocenters. The van der Waals surface area contributed by atoms with Crippen LogP contribution in [0.3, 0.4) is 0 Å². The van der Waals surface area contributed by atoms with Crippen molar-refractivity contribution in [3.05, 3.63) is 51.8 Å². The lowest BCUT2D eigenvalue weighted by Crippen LogP contribution is -2.00. The zero-order valence-corrected chi connectivity index (χ0v) is 9.86. The average Bonchev–Trinajstić information content (AvgIpc) is 2.56. The summed E-state index contributed by atoms with van der Waals surface area (Å²) in [6.45, 7) is 1.90. The molecule has 0 saturated carbocycles. The Labute approximate surface area is 98.8 Å². The highest BCUT2D eigenvalue weighted by atomic mass is 32.2. The molecule has 0 fully saturated rings. The van der Waals surface area contributed by atoms with E-state index in [1.165, 1.54) is 0 Å². The van der Waals surface area contributed by atoms with Crippen molar-refractivity contribution in [2.24, 2.45) is 0 Å². The van der Waals surface area contributed by atoms with Crippen LogP contribution in [0, 0.1) is 6.92 Å². The second-order valence-corrected chi connectivity index (χ2v) is 5.47. The number of hydrogen-bond donors (Lipinski definition) is 1. The number of aryl methyl sites for hydroxylation is 1. The number of rotatable bonds is 2. The number of carboxylic acid groups (broad SMARTS) is 1. The average molecular weight is 250 g/mol. The smallest absolute Gasteiger partial charge is 0.337 e. The molecule has 0 amide bonds. The minimum absolute atomic E-state index is 0.186. The molecule has 1 aliphatic heterocycles. The first-order valence-electron chi connectivity index (χ1n) is 4.88. The van der Waals surface area contributed by atoms with Crippen LogP contribution in [-0.2, 0) is 14.6 Å². The van der Waals surface area contributed by atoms with E-state index < -0.39 is 15.8 Å². The van der Waals surface area contributed by atoms with Gasteiger partial charge < -0.3 is 5.11 Å². The Morgan fingerprint density at radius 2 is 1.71 bits per heavy atom. The fourth-order valence-electron chi connectivity index (χ4n) is 1.61. The standard InChI is InChI=1S/C12H10O4S/c1-8-2-4-9(5-3-8)10-6-17(15,16)7-11(10)12(13)14/h2-7H,1H3,(H,13,14). The molecule has 0 atom stereocenters. The number of carboxylic acids is 1. The largest absolute Gasteiger partial charge is 0.478 e. The Balaban J connectivity index is 2.56. The Hall–Kier alpha value is -1.88. The first-order valence-corrected chi connectivity index (χ1v) is 6.49. The zero-order valence-electron chi connectivity index (χ0n) is 9.04.